The fourth-order valence-corrected chi connectivity index (χ4v) is 6.11. The number of fused-ring (bicyclic) bond motifs is 3. The average Bonchev–Trinajstić information content (AvgIpc) is 2.66. The Bertz CT molecular complexity index is 464. The lowest BCUT2D eigenvalue weighted by molar-refractivity contribution is -0.564. The van der Waals surface area contributed by atoms with E-state index in [9.17, 15) is 0 Å². The van der Waals surface area contributed by atoms with E-state index in [1.54, 1.807) is 0 Å². The molecule has 0 saturated carbocycles. The van der Waals surface area contributed by atoms with E-state index in [4.69, 9.17) is 14.2 Å². The molecule has 0 aromatic heterocycles. The molecule has 0 amide bonds. The van der Waals surface area contributed by atoms with Crippen molar-refractivity contribution in [1.82, 2.24) is 0 Å². The van der Waals surface area contributed by atoms with Crippen molar-refractivity contribution in [3.63, 3.8) is 0 Å². The van der Waals surface area contributed by atoms with Gasteiger partial charge in [0.1, 0.15) is 0 Å². The van der Waals surface area contributed by atoms with Gasteiger partial charge in [0, 0.05) is 12.0 Å². The van der Waals surface area contributed by atoms with Crippen LogP contribution in [0.1, 0.15) is 31.9 Å². The molecule has 4 heteroatoms. The first kappa shape index (κ1) is 13.3. The minimum Gasteiger partial charge on any atom is -0.382 e. The Morgan fingerprint density at radius 2 is 1.89 bits per heavy atom. The first-order chi connectivity index (χ1) is 9.19. The van der Waals surface area contributed by atoms with Crippen molar-refractivity contribution < 1.29 is 14.2 Å². The van der Waals surface area contributed by atoms with Gasteiger partial charge in [-0.25, -0.2) is 4.89 Å². The number of rotatable bonds is 5. The van der Waals surface area contributed by atoms with Gasteiger partial charge in [-0.05, 0) is 23.7 Å². The molecule has 1 aliphatic heterocycles. The maximum Gasteiger partial charge on any atom is 0.249 e. The molecule has 3 rings (SSSR count). The van der Waals surface area contributed by atoms with Gasteiger partial charge in [-0.3, -0.25) is 0 Å². The molecule has 2 atom stereocenters. The van der Waals surface area contributed by atoms with E-state index >= 15 is 0 Å². The summed E-state index contributed by atoms with van der Waals surface area (Å²) in [6, 6.07) is 11.8. The van der Waals surface area contributed by atoms with E-state index in [0.29, 0.717) is 0 Å². The van der Waals surface area contributed by atoms with Crippen LogP contribution in [0.5, 0.6) is 0 Å². The van der Waals surface area contributed by atoms with Crippen molar-refractivity contribution in [1.29, 1.82) is 0 Å². The quantitative estimate of drug-likeness (QED) is 0.606. The molecule has 1 aromatic rings. The highest BCUT2D eigenvalue weighted by Crippen LogP contribution is 2.52. The molecule has 104 valence electrons. The molecular weight excluding hydrogens is 256 g/mol. The lowest BCUT2D eigenvalue weighted by Gasteiger charge is -2.47. The molecule has 0 spiro atoms. The second kappa shape index (κ2) is 4.70. The monoisotopic (exact) mass is 278 g/mol. The predicted octanol–water partition coefficient (Wildman–Crippen LogP) is 3.75. The van der Waals surface area contributed by atoms with Gasteiger partial charge in [0.25, 0.3) is 0 Å². The van der Waals surface area contributed by atoms with Gasteiger partial charge in [0.2, 0.25) is 5.79 Å². The van der Waals surface area contributed by atoms with Crippen LogP contribution in [0.4, 0.5) is 0 Å². The minimum absolute atomic E-state index is 0.0430. The Morgan fingerprint density at radius 3 is 2.47 bits per heavy atom. The predicted molar refractivity (Wildman–Crippen MR) is 76.1 cm³/mol. The molecule has 1 heterocycles. The summed E-state index contributed by atoms with van der Waals surface area (Å²) in [7, 11) is -1.72. The molecule has 2 aliphatic rings. The van der Waals surface area contributed by atoms with Crippen molar-refractivity contribution in [3.8, 4) is 0 Å². The smallest absolute Gasteiger partial charge is 0.249 e. The third kappa shape index (κ3) is 1.81. The Morgan fingerprint density at radius 1 is 1.21 bits per heavy atom. The van der Waals surface area contributed by atoms with Crippen molar-refractivity contribution in [2.24, 2.45) is 0 Å². The van der Waals surface area contributed by atoms with E-state index < -0.39 is 14.1 Å². The molecule has 0 radical (unpaired) electrons. The highest BCUT2D eigenvalue weighted by atomic mass is 28.4. The van der Waals surface area contributed by atoms with E-state index in [0.717, 1.165) is 24.6 Å². The average molecular weight is 278 g/mol. The Balaban J connectivity index is 1.96. The van der Waals surface area contributed by atoms with E-state index in [2.05, 4.69) is 45.0 Å². The van der Waals surface area contributed by atoms with Crippen LogP contribution in [0.2, 0.25) is 18.1 Å². The molecular formula is C15H22O3Si. The molecule has 1 fully saturated rings. The zero-order chi connectivity index (χ0) is 13.5. The molecule has 19 heavy (non-hydrogen) atoms. The maximum atomic E-state index is 6.65. The molecule has 0 N–H and O–H groups in total. The Labute approximate surface area is 115 Å². The van der Waals surface area contributed by atoms with E-state index in [1.807, 2.05) is 0 Å². The van der Waals surface area contributed by atoms with Crippen LogP contribution in [-0.4, -0.2) is 14.4 Å². The Hall–Kier alpha value is -0.683. The fraction of sp³-hybridized carbons (Fsp3) is 0.600. The third-order valence-corrected chi connectivity index (χ3v) is 9.41. The van der Waals surface area contributed by atoms with Crippen molar-refractivity contribution in [3.05, 3.63) is 35.4 Å². The second-order valence-corrected chi connectivity index (χ2v) is 10.2. The maximum absolute atomic E-state index is 6.65. The molecule has 1 aromatic carbocycles. The van der Waals surface area contributed by atoms with Crippen LogP contribution < -0.4 is 0 Å². The normalized spacial score (nSPS) is 28.7. The van der Waals surface area contributed by atoms with Crippen molar-refractivity contribution >= 4 is 8.32 Å². The van der Waals surface area contributed by atoms with Gasteiger partial charge in [-0.1, -0.05) is 45.0 Å². The van der Waals surface area contributed by atoms with E-state index in [1.165, 1.54) is 11.1 Å². The SMILES string of the molecule is CC[Si](CC)(CC)O[C@]12OOC1Cc1ccccc12. The minimum atomic E-state index is -1.72. The summed E-state index contributed by atoms with van der Waals surface area (Å²) in [6.07, 6.45) is 0.944. The zero-order valence-corrected chi connectivity index (χ0v) is 12.9. The van der Waals surface area contributed by atoms with E-state index in [-0.39, 0.29) is 6.10 Å². The zero-order valence-electron chi connectivity index (χ0n) is 11.9. The van der Waals surface area contributed by atoms with Gasteiger partial charge in [0.05, 0.1) is 0 Å². The largest absolute Gasteiger partial charge is 0.382 e. The van der Waals surface area contributed by atoms with Gasteiger partial charge in [-0.2, -0.15) is 4.89 Å². The lowest BCUT2D eigenvalue weighted by atomic mass is 10.1. The fourth-order valence-electron chi connectivity index (χ4n) is 3.25. The van der Waals surface area contributed by atoms with Crippen molar-refractivity contribution in [2.75, 3.05) is 0 Å². The van der Waals surface area contributed by atoms with Gasteiger partial charge in [-0.15, -0.1) is 0 Å². The molecule has 1 unspecified atom stereocenters. The van der Waals surface area contributed by atoms with Gasteiger partial charge in [0.15, 0.2) is 14.4 Å². The van der Waals surface area contributed by atoms with Gasteiger partial charge >= 0.3 is 0 Å². The summed E-state index contributed by atoms with van der Waals surface area (Å²) in [5, 5.41) is 0. The topological polar surface area (TPSA) is 27.7 Å². The van der Waals surface area contributed by atoms with Crippen LogP contribution in [0.25, 0.3) is 0 Å². The standard InChI is InChI=1S/C15H22O3Si/c1-4-19(5-2,6-3)18-15-13-10-8-7-9-12(13)11-14(15)16-17-15/h7-10,14H,4-6,11H2,1-3H3/t14?,15-/m0/s1. The summed E-state index contributed by atoms with van der Waals surface area (Å²) in [5.74, 6) is -0.606. The second-order valence-electron chi connectivity index (χ2n) is 5.54. The first-order valence-electron chi connectivity index (χ1n) is 7.32. The van der Waals surface area contributed by atoms with Crippen LogP contribution in [0.15, 0.2) is 24.3 Å². The van der Waals surface area contributed by atoms with Crippen LogP contribution in [-0.2, 0) is 26.4 Å². The number of benzene rings is 1. The summed E-state index contributed by atoms with van der Waals surface area (Å²) in [5.41, 5.74) is 2.48. The molecule has 1 aliphatic carbocycles. The summed E-state index contributed by atoms with van der Waals surface area (Å²) in [6.45, 7) is 6.72. The summed E-state index contributed by atoms with van der Waals surface area (Å²) in [4.78, 5) is 10.9. The number of hydrogen-bond acceptors (Lipinski definition) is 3. The molecule has 0 bridgehead atoms. The highest BCUT2D eigenvalue weighted by Gasteiger charge is 2.62. The number of hydrogen-bond donors (Lipinski definition) is 0. The highest BCUT2D eigenvalue weighted by molar-refractivity contribution is 6.73. The lowest BCUT2D eigenvalue weighted by Crippen LogP contribution is -2.58. The Kier molecular flexibility index (Phi) is 3.29. The summed E-state index contributed by atoms with van der Waals surface area (Å²) >= 11 is 0. The van der Waals surface area contributed by atoms with Crippen LogP contribution in [0.3, 0.4) is 0 Å². The van der Waals surface area contributed by atoms with Crippen LogP contribution >= 0.6 is 0 Å². The third-order valence-electron chi connectivity index (χ3n) is 4.81. The van der Waals surface area contributed by atoms with Crippen LogP contribution in [0, 0.1) is 0 Å². The van der Waals surface area contributed by atoms with Gasteiger partial charge < -0.3 is 4.43 Å². The summed E-state index contributed by atoms with van der Waals surface area (Å²) < 4.78 is 6.65. The van der Waals surface area contributed by atoms with Crippen molar-refractivity contribution in [2.45, 2.75) is 57.2 Å². The first-order valence-corrected chi connectivity index (χ1v) is 9.85. The molecule has 1 saturated heterocycles. The molecule has 3 nitrogen and oxygen atoms in total.